The highest BCUT2D eigenvalue weighted by atomic mass is 16.5. The van der Waals surface area contributed by atoms with Crippen LogP contribution in [0.4, 0.5) is 5.69 Å². The van der Waals surface area contributed by atoms with Crippen LogP contribution < -0.4 is 19.5 Å². The van der Waals surface area contributed by atoms with Crippen LogP contribution in [0.25, 0.3) is 0 Å². The van der Waals surface area contributed by atoms with Gasteiger partial charge in [-0.05, 0) is 41.8 Å². The van der Waals surface area contributed by atoms with E-state index in [0.29, 0.717) is 25.3 Å². The highest BCUT2D eigenvalue weighted by Crippen LogP contribution is 2.33. The van der Waals surface area contributed by atoms with Crippen molar-refractivity contribution in [3.05, 3.63) is 47.5 Å². The molecule has 0 aromatic heterocycles. The quantitative estimate of drug-likeness (QED) is 0.812. The van der Waals surface area contributed by atoms with Crippen LogP contribution in [-0.4, -0.2) is 45.2 Å². The molecule has 1 aliphatic rings. The fraction of sp³-hybridized carbons (Fsp3) is 0.381. The maximum atomic E-state index is 12.6. The molecule has 0 spiro atoms. The molecule has 144 valence electrons. The van der Waals surface area contributed by atoms with Crippen molar-refractivity contribution in [2.75, 3.05) is 39.7 Å². The van der Waals surface area contributed by atoms with Crippen molar-refractivity contribution in [2.24, 2.45) is 0 Å². The number of ether oxygens (including phenoxy) is 3. The molecule has 0 aliphatic carbocycles. The molecule has 27 heavy (non-hydrogen) atoms. The van der Waals surface area contributed by atoms with E-state index in [1.54, 1.807) is 21.3 Å². The Hall–Kier alpha value is -2.89. The van der Waals surface area contributed by atoms with E-state index in [1.807, 2.05) is 41.3 Å². The number of rotatable bonds is 7. The third kappa shape index (κ3) is 4.27. The average Bonchev–Trinajstić information content (AvgIpc) is 2.72. The minimum atomic E-state index is 0.137. The smallest absolute Gasteiger partial charge is 0.224 e. The molecule has 2 aromatic rings. The summed E-state index contributed by atoms with van der Waals surface area (Å²) in [4.78, 5) is 14.5. The molecule has 1 N–H and O–H groups in total. The predicted octanol–water partition coefficient (Wildman–Crippen LogP) is 3.10. The zero-order chi connectivity index (χ0) is 19.2. The van der Waals surface area contributed by atoms with Gasteiger partial charge in [-0.3, -0.25) is 4.79 Å². The number of hydrogen-bond acceptors (Lipinski definition) is 5. The van der Waals surface area contributed by atoms with Crippen molar-refractivity contribution in [1.82, 2.24) is 4.90 Å². The summed E-state index contributed by atoms with van der Waals surface area (Å²) in [6, 6.07) is 11.7. The van der Waals surface area contributed by atoms with E-state index < -0.39 is 0 Å². The molecule has 3 rings (SSSR count). The van der Waals surface area contributed by atoms with E-state index in [1.165, 1.54) is 5.56 Å². The first-order valence-electron chi connectivity index (χ1n) is 9.04. The fourth-order valence-electron chi connectivity index (χ4n) is 3.35. The maximum absolute atomic E-state index is 12.6. The van der Waals surface area contributed by atoms with E-state index >= 15 is 0 Å². The third-order valence-corrected chi connectivity index (χ3v) is 4.83. The highest BCUT2D eigenvalue weighted by molar-refractivity contribution is 5.77. The van der Waals surface area contributed by atoms with Crippen LogP contribution in [0.1, 0.15) is 17.5 Å². The summed E-state index contributed by atoms with van der Waals surface area (Å²) >= 11 is 0. The summed E-state index contributed by atoms with van der Waals surface area (Å²) in [7, 11) is 4.90. The number of carbonyl (C=O) groups is 1. The SMILES string of the molecule is COc1ccccc1NCCC(=O)N1CCc2cc(OC)c(OC)cc2C1. The summed E-state index contributed by atoms with van der Waals surface area (Å²) in [5, 5.41) is 3.28. The summed E-state index contributed by atoms with van der Waals surface area (Å²) in [5.74, 6) is 2.34. The Morgan fingerprint density at radius 3 is 2.37 bits per heavy atom. The Bertz CT molecular complexity index is 807. The standard InChI is InChI=1S/C21H26N2O4/c1-25-18-7-5-4-6-17(18)22-10-8-21(24)23-11-9-15-12-19(26-2)20(27-3)13-16(15)14-23/h4-7,12-13,22H,8-11,14H2,1-3H3. The second-order valence-electron chi connectivity index (χ2n) is 6.42. The molecule has 6 heteroatoms. The Labute approximate surface area is 160 Å². The van der Waals surface area contributed by atoms with Crippen LogP contribution in [0.15, 0.2) is 36.4 Å². The number of hydrogen-bond donors (Lipinski definition) is 1. The molecule has 0 saturated heterocycles. The van der Waals surface area contributed by atoms with Gasteiger partial charge in [0.2, 0.25) is 5.91 Å². The van der Waals surface area contributed by atoms with Crippen LogP contribution in [-0.2, 0) is 17.8 Å². The van der Waals surface area contributed by atoms with Crippen molar-refractivity contribution in [3.63, 3.8) is 0 Å². The average molecular weight is 370 g/mol. The minimum Gasteiger partial charge on any atom is -0.495 e. The number of fused-ring (bicyclic) bond motifs is 1. The predicted molar refractivity (Wildman–Crippen MR) is 105 cm³/mol. The van der Waals surface area contributed by atoms with Gasteiger partial charge in [0.1, 0.15) is 5.75 Å². The van der Waals surface area contributed by atoms with Gasteiger partial charge in [0.15, 0.2) is 11.5 Å². The second kappa shape index (κ2) is 8.66. The zero-order valence-corrected chi connectivity index (χ0v) is 16.1. The topological polar surface area (TPSA) is 60.0 Å². The summed E-state index contributed by atoms with van der Waals surface area (Å²) in [6.07, 6.45) is 1.25. The third-order valence-electron chi connectivity index (χ3n) is 4.83. The monoisotopic (exact) mass is 370 g/mol. The van der Waals surface area contributed by atoms with Gasteiger partial charge in [0, 0.05) is 26.1 Å². The molecule has 0 saturated carbocycles. The van der Waals surface area contributed by atoms with Crippen molar-refractivity contribution < 1.29 is 19.0 Å². The van der Waals surface area contributed by atoms with Crippen molar-refractivity contribution in [2.45, 2.75) is 19.4 Å². The molecular weight excluding hydrogens is 344 g/mol. The minimum absolute atomic E-state index is 0.137. The number of methoxy groups -OCH3 is 3. The van der Waals surface area contributed by atoms with Gasteiger partial charge in [-0.25, -0.2) is 0 Å². The molecular formula is C21H26N2O4. The van der Waals surface area contributed by atoms with Gasteiger partial charge in [0.25, 0.3) is 0 Å². The summed E-state index contributed by atoms with van der Waals surface area (Å²) < 4.78 is 16.1. The summed E-state index contributed by atoms with van der Waals surface area (Å²) in [5.41, 5.74) is 3.22. The number of nitrogens with one attached hydrogen (secondary N) is 1. The summed E-state index contributed by atoms with van der Waals surface area (Å²) in [6.45, 7) is 1.88. The van der Waals surface area contributed by atoms with E-state index in [4.69, 9.17) is 14.2 Å². The van der Waals surface area contributed by atoms with Gasteiger partial charge >= 0.3 is 0 Å². The van der Waals surface area contributed by atoms with E-state index in [0.717, 1.165) is 35.7 Å². The molecule has 1 heterocycles. The number of amides is 1. The van der Waals surface area contributed by atoms with Crippen molar-refractivity contribution in [1.29, 1.82) is 0 Å². The molecule has 1 aliphatic heterocycles. The lowest BCUT2D eigenvalue weighted by molar-refractivity contribution is -0.131. The van der Waals surface area contributed by atoms with Crippen molar-refractivity contribution in [3.8, 4) is 17.2 Å². The van der Waals surface area contributed by atoms with Gasteiger partial charge in [-0.15, -0.1) is 0 Å². The van der Waals surface area contributed by atoms with Crippen LogP contribution in [0.2, 0.25) is 0 Å². The molecule has 0 unspecified atom stereocenters. The van der Waals surface area contributed by atoms with E-state index in [2.05, 4.69) is 5.32 Å². The normalized spacial score (nSPS) is 12.9. The van der Waals surface area contributed by atoms with Crippen LogP contribution in [0.3, 0.4) is 0 Å². The Kier molecular flexibility index (Phi) is 6.06. The van der Waals surface area contributed by atoms with Gasteiger partial charge in [-0.1, -0.05) is 12.1 Å². The number of para-hydroxylation sites is 2. The Morgan fingerprint density at radius 1 is 1.00 bits per heavy atom. The first-order chi connectivity index (χ1) is 13.2. The second-order valence-corrected chi connectivity index (χ2v) is 6.42. The molecule has 1 amide bonds. The lowest BCUT2D eigenvalue weighted by atomic mass is 9.98. The largest absolute Gasteiger partial charge is 0.495 e. The zero-order valence-electron chi connectivity index (χ0n) is 16.1. The first-order valence-corrected chi connectivity index (χ1v) is 9.04. The Balaban J connectivity index is 1.59. The molecule has 0 bridgehead atoms. The van der Waals surface area contributed by atoms with E-state index in [-0.39, 0.29) is 5.91 Å². The molecule has 6 nitrogen and oxygen atoms in total. The fourth-order valence-corrected chi connectivity index (χ4v) is 3.35. The van der Waals surface area contributed by atoms with Crippen LogP contribution in [0, 0.1) is 0 Å². The number of nitrogens with zero attached hydrogens (tertiary/aromatic N) is 1. The van der Waals surface area contributed by atoms with Gasteiger partial charge in [-0.2, -0.15) is 0 Å². The van der Waals surface area contributed by atoms with Gasteiger partial charge in [0.05, 0.1) is 27.0 Å². The molecule has 0 fully saturated rings. The van der Waals surface area contributed by atoms with Crippen LogP contribution >= 0.6 is 0 Å². The lowest BCUT2D eigenvalue weighted by Crippen LogP contribution is -2.36. The number of benzene rings is 2. The Morgan fingerprint density at radius 2 is 1.67 bits per heavy atom. The number of anilines is 1. The van der Waals surface area contributed by atoms with Gasteiger partial charge < -0.3 is 24.4 Å². The molecule has 0 atom stereocenters. The first kappa shape index (κ1) is 18.9. The highest BCUT2D eigenvalue weighted by Gasteiger charge is 2.22. The molecule has 0 radical (unpaired) electrons. The number of carbonyl (C=O) groups excluding carboxylic acids is 1. The lowest BCUT2D eigenvalue weighted by Gasteiger charge is -2.30. The van der Waals surface area contributed by atoms with Crippen molar-refractivity contribution >= 4 is 11.6 Å². The maximum Gasteiger partial charge on any atom is 0.224 e. The molecule has 2 aromatic carbocycles. The van der Waals surface area contributed by atoms with Crippen LogP contribution in [0.5, 0.6) is 17.2 Å². The van der Waals surface area contributed by atoms with E-state index in [9.17, 15) is 4.79 Å².